The molecule has 0 spiro atoms. The standard InChI is InChI=1S/C50H70O6Si6/c1-57(2,3)53-61(11,12)55-59(7,8)31-15-17-37-19-23-39(24-20-37)41-27-29-43-45-35-50-46(36-49(45)51-47(43)33-41)44-30-28-42(34-48(44)52-50)40-25-21-38(22-26-40)18-16-32-60(9,10)56-62(13,14)54-58(4,5)6/h19-30,33-36H,15-18,31-32H2,1-14H3. The summed E-state index contributed by atoms with van der Waals surface area (Å²) in [5.74, 6) is 0. The fourth-order valence-electron chi connectivity index (χ4n) is 9.52. The van der Waals surface area contributed by atoms with Crippen LogP contribution in [0.4, 0.5) is 0 Å². The van der Waals surface area contributed by atoms with Gasteiger partial charge in [0, 0.05) is 21.5 Å². The Morgan fingerprint density at radius 3 is 1.02 bits per heavy atom. The van der Waals surface area contributed by atoms with E-state index in [1.807, 2.05) is 0 Å². The molecule has 0 radical (unpaired) electrons. The molecule has 5 aromatic carbocycles. The molecule has 6 nitrogen and oxygen atoms in total. The highest BCUT2D eigenvalue weighted by Crippen LogP contribution is 2.39. The topological polar surface area (TPSA) is 63.2 Å². The van der Waals surface area contributed by atoms with Crippen LogP contribution in [0.25, 0.3) is 66.1 Å². The Labute approximate surface area is 377 Å². The number of fused-ring (bicyclic) bond motifs is 6. The zero-order chi connectivity index (χ0) is 44.9. The molecule has 0 aliphatic rings. The van der Waals surface area contributed by atoms with E-state index in [0.29, 0.717) is 0 Å². The number of furan rings is 2. The van der Waals surface area contributed by atoms with Crippen LogP contribution >= 0.6 is 0 Å². The van der Waals surface area contributed by atoms with Crippen molar-refractivity contribution in [2.24, 2.45) is 0 Å². The average Bonchev–Trinajstić information content (AvgIpc) is 3.67. The molecule has 0 fully saturated rings. The summed E-state index contributed by atoms with van der Waals surface area (Å²) in [5, 5.41) is 4.33. The zero-order valence-corrected chi connectivity index (χ0v) is 45.9. The molecule has 62 heavy (non-hydrogen) atoms. The lowest BCUT2D eigenvalue weighted by Gasteiger charge is -2.37. The molecule has 0 saturated heterocycles. The molecule has 12 heteroatoms. The predicted octanol–water partition coefficient (Wildman–Crippen LogP) is 16.2. The first-order chi connectivity index (χ1) is 28.8. The molecule has 7 aromatic rings. The molecule has 330 valence electrons. The SMILES string of the molecule is C[Si](C)(C)O[Si](C)(C)O[Si](C)(C)CCCc1ccc(-c2ccc3c(c2)oc2cc4c(cc23)oc2cc(-c3ccc(CCC[Si](C)(C)O[Si](C)(C)O[Si](C)(C)C)cc3)ccc24)cc1. The van der Waals surface area contributed by atoms with Gasteiger partial charge in [0.1, 0.15) is 22.3 Å². The van der Waals surface area contributed by atoms with Crippen LogP contribution in [0.15, 0.2) is 106 Å². The molecule has 2 aromatic heterocycles. The van der Waals surface area contributed by atoms with Crippen LogP contribution in [0.1, 0.15) is 24.0 Å². The second-order valence-electron chi connectivity index (χ2n) is 21.5. The first kappa shape index (κ1) is 46.8. The van der Waals surface area contributed by atoms with Crippen molar-refractivity contribution in [2.45, 2.75) is 129 Å². The van der Waals surface area contributed by atoms with Crippen molar-refractivity contribution in [3.63, 3.8) is 0 Å². The van der Waals surface area contributed by atoms with Gasteiger partial charge in [-0.1, -0.05) is 60.7 Å². The molecule has 7 rings (SSSR count). The third-order valence-electron chi connectivity index (χ3n) is 11.3. The first-order valence-corrected chi connectivity index (χ1v) is 41.3. The van der Waals surface area contributed by atoms with Crippen LogP contribution in [-0.2, 0) is 29.3 Å². The third kappa shape index (κ3) is 12.1. The fraction of sp³-hybridized carbons (Fsp3) is 0.400. The Bertz CT molecular complexity index is 2480. The molecule has 0 amide bonds. The minimum Gasteiger partial charge on any atom is -0.456 e. The Kier molecular flexibility index (Phi) is 13.3. The summed E-state index contributed by atoms with van der Waals surface area (Å²) >= 11 is 0. The second-order valence-corrected chi connectivity index (χ2v) is 46.9. The van der Waals surface area contributed by atoms with Crippen molar-refractivity contribution in [2.75, 3.05) is 0 Å². The third-order valence-corrected chi connectivity index (χ3v) is 31.6. The highest BCUT2D eigenvalue weighted by atomic mass is 28.5. The van der Waals surface area contributed by atoms with Crippen molar-refractivity contribution in [3.8, 4) is 22.3 Å². The molecular formula is C50H70O6Si6. The quantitative estimate of drug-likeness (QED) is 0.0799. The van der Waals surface area contributed by atoms with Gasteiger partial charge in [0.2, 0.25) is 0 Å². The van der Waals surface area contributed by atoms with Crippen molar-refractivity contribution in [1.29, 1.82) is 0 Å². The molecule has 0 saturated carbocycles. The van der Waals surface area contributed by atoms with Gasteiger partial charge in [0.25, 0.3) is 0 Å². The summed E-state index contributed by atoms with van der Waals surface area (Å²) in [6.07, 6.45) is 4.36. The summed E-state index contributed by atoms with van der Waals surface area (Å²) in [5.41, 5.74) is 10.9. The maximum atomic E-state index is 6.74. The summed E-state index contributed by atoms with van der Waals surface area (Å²) in [6, 6.07) is 37.8. The van der Waals surface area contributed by atoms with Gasteiger partial charge in [0.05, 0.1) is 0 Å². The molecule has 0 unspecified atom stereocenters. The zero-order valence-electron chi connectivity index (χ0n) is 39.9. The van der Waals surface area contributed by atoms with Crippen LogP contribution in [-0.4, -0.2) is 50.4 Å². The second kappa shape index (κ2) is 17.7. The summed E-state index contributed by atoms with van der Waals surface area (Å²) < 4.78 is 39.5. The van der Waals surface area contributed by atoms with Crippen molar-refractivity contribution in [3.05, 3.63) is 108 Å². The smallest absolute Gasteiger partial charge is 0.311 e. The highest BCUT2D eigenvalue weighted by Gasteiger charge is 2.39. The summed E-state index contributed by atoms with van der Waals surface area (Å²) in [6.45, 7) is 31.7. The molecular weight excluding hydrogens is 865 g/mol. The molecule has 0 N–H and O–H groups in total. The van der Waals surface area contributed by atoms with Gasteiger partial charge in [-0.15, -0.1) is 0 Å². The highest BCUT2D eigenvalue weighted by molar-refractivity contribution is 6.88. The van der Waals surface area contributed by atoms with Gasteiger partial charge >= 0.3 is 17.1 Å². The van der Waals surface area contributed by atoms with E-state index < -0.39 is 50.4 Å². The van der Waals surface area contributed by atoms with E-state index in [2.05, 4.69) is 189 Å². The van der Waals surface area contributed by atoms with Gasteiger partial charge in [-0.25, -0.2) is 0 Å². The lowest BCUT2D eigenvalue weighted by atomic mass is 10.0. The van der Waals surface area contributed by atoms with E-state index in [0.717, 1.165) is 92.8 Å². The van der Waals surface area contributed by atoms with Crippen molar-refractivity contribution >= 4 is 94.3 Å². The lowest BCUT2D eigenvalue weighted by molar-refractivity contribution is 0.389. The van der Waals surface area contributed by atoms with Crippen LogP contribution in [0.3, 0.4) is 0 Å². The Balaban J connectivity index is 0.986. The number of hydrogen-bond acceptors (Lipinski definition) is 6. The molecule has 0 atom stereocenters. The number of rotatable bonds is 18. The lowest BCUT2D eigenvalue weighted by Crippen LogP contribution is -2.51. The fourth-order valence-corrected chi connectivity index (χ4v) is 35.9. The summed E-state index contributed by atoms with van der Waals surface area (Å²) in [4.78, 5) is 0. The number of aryl methyl sites for hydroxylation is 2. The molecule has 0 aliphatic carbocycles. The first-order valence-electron chi connectivity index (χ1n) is 22.6. The molecule has 2 heterocycles. The van der Waals surface area contributed by atoms with E-state index in [1.165, 1.54) is 22.3 Å². The maximum Gasteiger partial charge on any atom is 0.311 e. The minimum absolute atomic E-state index is 0.874. The van der Waals surface area contributed by atoms with Crippen LogP contribution in [0.5, 0.6) is 0 Å². The van der Waals surface area contributed by atoms with Gasteiger partial charge in [-0.2, -0.15) is 0 Å². The van der Waals surface area contributed by atoms with Gasteiger partial charge in [-0.3, -0.25) is 0 Å². The van der Waals surface area contributed by atoms with E-state index in [4.69, 9.17) is 25.3 Å². The van der Waals surface area contributed by atoms with E-state index >= 15 is 0 Å². The van der Waals surface area contributed by atoms with Gasteiger partial charge in [-0.05, 0) is 199 Å². The van der Waals surface area contributed by atoms with Gasteiger partial charge < -0.3 is 25.3 Å². The van der Waals surface area contributed by atoms with Gasteiger partial charge in [0.15, 0.2) is 33.3 Å². The van der Waals surface area contributed by atoms with E-state index in [1.54, 1.807) is 0 Å². The largest absolute Gasteiger partial charge is 0.456 e. The number of benzene rings is 5. The predicted molar refractivity (Wildman–Crippen MR) is 279 cm³/mol. The maximum absolute atomic E-state index is 6.74. The van der Waals surface area contributed by atoms with E-state index in [9.17, 15) is 0 Å². The van der Waals surface area contributed by atoms with Crippen LogP contribution < -0.4 is 0 Å². The van der Waals surface area contributed by atoms with Crippen molar-refractivity contribution < 1.29 is 25.3 Å². The average molecular weight is 936 g/mol. The van der Waals surface area contributed by atoms with Crippen LogP contribution in [0, 0.1) is 0 Å². The monoisotopic (exact) mass is 934 g/mol. The molecule has 0 bridgehead atoms. The Morgan fingerprint density at radius 2 is 0.677 bits per heavy atom. The molecule has 0 aliphatic heterocycles. The number of hydrogen-bond donors (Lipinski definition) is 0. The Morgan fingerprint density at radius 1 is 0.355 bits per heavy atom. The Hall–Kier alpha value is -3.16. The normalized spacial score (nSPS) is 13.6. The van der Waals surface area contributed by atoms with E-state index in [-0.39, 0.29) is 0 Å². The van der Waals surface area contributed by atoms with Crippen molar-refractivity contribution in [1.82, 2.24) is 0 Å². The van der Waals surface area contributed by atoms with Crippen LogP contribution in [0.2, 0.25) is 104 Å². The minimum atomic E-state index is -2.12. The summed E-state index contributed by atoms with van der Waals surface area (Å²) in [7, 11) is -11.1.